The molecule has 1 heterocycles. The Balaban J connectivity index is 2.05. The van der Waals surface area contributed by atoms with E-state index in [-0.39, 0.29) is 11.7 Å². The van der Waals surface area contributed by atoms with Gasteiger partial charge in [-0.2, -0.15) is 0 Å². The molecule has 0 aliphatic heterocycles. The van der Waals surface area contributed by atoms with Crippen LogP contribution >= 0.6 is 0 Å². The number of hydrogen-bond donors (Lipinski definition) is 1. The van der Waals surface area contributed by atoms with Crippen molar-refractivity contribution in [2.24, 2.45) is 0 Å². The van der Waals surface area contributed by atoms with E-state index in [9.17, 15) is 9.90 Å². The molecule has 0 bridgehead atoms. The molecule has 4 heteroatoms. The molecule has 0 fully saturated rings. The first-order valence-corrected chi connectivity index (χ1v) is 5.66. The van der Waals surface area contributed by atoms with E-state index in [2.05, 4.69) is 0 Å². The molecular formula is C14H15NO3. The number of amides is 1. The van der Waals surface area contributed by atoms with Crippen LogP contribution in [0.15, 0.2) is 40.8 Å². The Labute approximate surface area is 105 Å². The van der Waals surface area contributed by atoms with Crippen molar-refractivity contribution in [3.05, 3.63) is 53.5 Å². The number of hydrogen-bond acceptors (Lipinski definition) is 3. The van der Waals surface area contributed by atoms with Gasteiger partial charge in [0.15, 0.2) is 5.76 Å². The van der Waals surface area contributed by atoms with E-state index in [0.717, 1.165) is 11.3 Å². The summed E-state index contributed by atoms with van der Waals surface area (Å²) in [5.41, 5.74) is 0.951. The van der Waals surface area contributed by atoms with Crippen molar-refractivity contribution in [1.29, 1.82) is 0 Å². The minimum absolute atomic E-state index is 0.156. The van der Waals surface area contributed by atoms with Gasteiger partial charge in [-0.1, -0.05) is 12.1 Å². The van der Waals surface area contributed by atoms with E-state index in [1.807, 2.05) is 0 Å². The molecule has 1 aromatic heterocycles. The topological polar surface area (TPSA) is 53.7 Å². The van der Waals surface area contributed by atoms with Crippen molar-refractivity contribution in [3.8, 4) is 5.75 Å². The molecule has 1 N–H and O–H groups in total. The van der Waals surface area contributed by atoms with Gasteiger partial charge in [0.25, 0.3) is 5.91 Å². The third-order valence-corrected chi connectivity index (χ3v) is 2.65. The molecule has 94 valence electrons. The normalized spacial score (nSPS) is 10.3. The number of benzene rings is 1. The zero-order chi connectivity index (χ0) is 13.1. The predicted molar refractivity (Wildman–Crippen MR) is 67.3 cm³/mol. The van der Waals surface area contributed by atoms with E-state index in [0.29, 0.717) is 12.3 Å². The molecule has 1 aromatic carbocycles. The van der Waals surface area contributed by atoms with Crippen LogP contribution in [0.1, 0.15) is 21.9 Å². The highest BCUT2D eigenvalue weighted by molar-refractivity contribution is 5.91. The molecule has 0 spiro atoms. The summed E-state index contributed by atoms with van der Waals surface area (Å²) in [6.45, 7) is 2.27. The average Bonchev–Trinajstić information content (AvgIpc) is 2.78. The van der Waals surface area contributed by atoms with Crippen LogP contribution in [0.25, 0.3) is 0 Å². The summed E-state index contributed by atoms with van der Waals surface area (Å²) in [7, 11) is 1.72. The Kier molecular flexibility index (Phi) is 3.37. The van der Waals surface area contributed by atoms with Crippen molar-refractivity contribution in [2.45, 2.75) is 13.5 Å². The highest BCUT2D eigenvalue weighted by Crippen LogP contribution is 2.14. The number of nitrogens with zero attached hydrogens (tertiary/aromatic N) is 1. The van der Waals surface area contributed by atoms with E-state index in [1.54, 1.807) is 55.3 Å². The molecule has 4 nitrogen and oxygen atoms in total. The maximum absolute atomic E-state index is 12.0. The fourth-order valence-electron chi connectivity index (χ4n) is 1.68. The SMILES string of the molecule is Cc1ccc(C(=O)N(C)Cc2ccc(O)cc2)o1. The first-order chi connectivity index (χ1) is 8.56. The lowest BCUT2D eigenvalue weighted by Crippen LogP contribution is -2.25. The lowest BCUT2D eigenvalue weighted by molar-refractivity contribution is 0.0752. The summed E-state index contributed by atoms with van der Waals surface area (Å²) in [6.07, 6.45) is 0. The summed E-state index contributed by atoms with van der Waals surface area (Å²) in [4.78, 5) is 13.6. The zero-order valence-electron chi connectivity index (χ0n) is 10.4. The number of phenols is 1. The standard InChI is InChI=1S/C14H15NO3/c1-10-3-8-13(18-10)14(17)15(2)9-11-4-6-12(16)7-5-11/h3-8,16H,9H2,1-2H3. The highest BCUT2D eigenvalue weighted by atomic mass is 16.3. The van der Waals surface area contributed by atoms with Crippen molar-refractivity contribution in [2.75, 3.05) is 7.05 Å². The monoisotopic (exact) mass is 245 g/mol. The smallest absolute Gasteiger partial charge is 0.289 e. The van der Waals surface area contributed by atoms with Crippen molar-refractivity contribution in [1.82, 2.24) is 4.90 Å². The van der Waals surface area contributed by atoms with Gasteiger partial charge in [0, 0.05) is 13.6 Å². The number of aryl methyl sites for hydroxylation is 1. The molecule has 0 aliphatic carbocycles. The second-order valence-electron chi connectivity index (χ2n) is 4.24. The Morgan fingerprint density at radius 1 is 1.22 bits per heavy atom. The third kappa shape index (κ3) is 2.71. The van der Waals surface area contributed by atoms with Gasteiger partial charge >= 0.3 is 0 Å². The van der Waals surface area contributed by atoms with Crippen LogP contribution < -0.4 is 0 Å². The highest BCUT2D eigenvalue weighted by Gasteiger charge is 2.15. The van der Waals surface area contributed by atoms with E-state index < -0.39 is 0 Å². The van der Waals surface area contributed by atoms with Gasteiger partial charge in [0.2, 0.25) is 0 Å². The number of aromatic hydroxyl groups is 1. The van der Waals surface area contributed by atoms with Gasteiger partial charge in [0.05, 0.1) is 0 Å². The molecule has 0 atom stereocenters. The Bertz CT molecular complexity index is 542. The van der Waals surface area contributed by atoms with Crippen molar-refractivity contribution in [3.63, 3.8) is 0 Å². The first kappa shape index (κ1) is 12.2. The summed E-state index contributed by atoms with van der Waals surface area (Å²) < 4.78 is 5.29. The fraction of sp³-hybridized carbons (Fsp3) is 0.214. The second kappa shape index (κ2) is 4.96. The average molecular weight is 245 g/mol. The predicted octanol–water partition coefficient (Wildman–Crippen LogP) is 2.57. The Morgan fingerprint density at radius 2 is 1.89 bits per heavy atom. The Hall–Kier alpha value is -2.23. The van der Waals surface area contributed by atoms with Gasteiger partial charge in [-0.15, -0.1) is 0 Å². The van der Waals surface area contributed by atoms with Gasteiger partial charge in [-0.25, -0.2) is 0 Å². The van der Waals surface area contributed by atoms with Gasteiger partial charge in [-0.3, -0.25) is 4.79 Å². The third-order valence-electron chi connectivity index (χ3n) is 2.65. The van der Waals surface area contributed by atoms with E-state index in [4.69, 9.17) is 4.42 Å². The summed E-state index contributed by atoms with van der Waals surface area (Å²) in [6, 6.07) is 10.2. The number of rotatable bonds is 3. The van der Waals surface area contributed by atoms with Crippen molar-refractivity contribution >= 4 is 5.91 Å². The molecule has 2 aromatic rings. The molecule has 0 radical (unpaired) electrons. The summed E-state index contributed by atoms with van der Waals surface area (Å²) >= 11 is 0. The molecule has 1 amide bonds. The van der Waals surface area contributed by atoms with Crippen LogP contribution in [0.5, 0.6) is 5.75 Å². The van der Waals surface area contributed by atoms with Crippen LogP contribution in [0, 0.1) is 6.92 Å². The fourth-order valence-corrected chi connectivity index (χ4v) is 1.68. The Morgan fingerprint density at radius 3 is 2.44 bits per heavy atom. The van der Waals surface area contributed by atoms with Crippen molar-refractivity contribution < 1.29 is 14.3 Å². The molecule has 0 unspecified atom stereocenters. The van der Waals surface area contributed by atoms with Gasteiger partial charge in [-0.05, 0) is 36.8 Å². The van der Waals surface area contributed by atoms with Gasteiger partial charge in [0.1, 0.15) is 11.5 Å². The van der Waals surface area contributed by atoms with Crippen LogP contribution in [0.3, 0.4) is 0 Å². The molecule has 18 heavy (non-hydrogen) atoms. The second-order valence-corrected chi connectivity index (χ2v) is 4.24. The summed E-state index contributed by atoms with van der Waals surface area (Å²) in [5.74, 6) is 1.12. The van der Waals surface area contributed by atoms with Gasteiger partial charge < -0.3 is 14.4 Å². The van der Waals surface area contributed by atoms with E-state index in [1.165, 1.54) is 0 Å². The molecule has 0 aliphatic rings. The zero-order valence-corrected chi connectivity index (χ0v) is 10.4. The van der Waals surface area contributed by atoms with Crippen LogP contribution in [0.4, 0.5) is 0 Å². The van der Waals surface area contributed by atoms with Crippen LogP contribution in [-0.2, 0) is 6.54 Å². The lowest BCUT2D eigenvalue weighted by atomic mass is 10.2. The number of furan rings is 1. The first-order valence-electron chi connectivity index (χ1n) is 5.66. The largest absolute Gasteiger partial charge is 0.508 e. The molecule has 0 saturated carbocycles. The molecule has 2 rings (SSSR count). The van der Waals surface area contributed by atoms with E-state index >= 15 is 0 Å². The minimum atomic E-state index is -0.156. The molecule has 0 saturated heterocycles. The van der Waals surface area contributed by atoms with Crippen LogP contribution in [0.2, 0.25) is 0 Å². The maximum Gasteiger partial charge on any atom is 0.289 e. The number of phenolic OH excluding ortho intramolecular Hbond substituents is 1. The summed E-state index contributed by atoms with van der Waals surface area (Å²) in [5, 5.41) is 9.19. The maximum atomic E-state index is 12.0. The lowest BCUT2D eigenvalue weighted by Gasteiger charge is -2.15. The molecular weight excluding hydrogens is 230 g/mol. The minimum Gasteiger partial charge on any atom is -0.508 e. The van der Waals surface area contributed by atoms with Crippen LogP contribution in [-0.4, -0.2) is 23.0 Å². The number of carbonyl (C=O) groups is 1. The number of carbonyl (C=O) groups excluding carboxylic acids is 1. The quantitative estimate of drug-likeness (QED) is 0.904.